The lowest BCUT2D eigenvalue weighted by atomic mass is 10.1. The van der Waals surface area contributed by atoms with E-state index in [4.69, 9.17) is 14.2 Å². The van der Waals surface area contributed by atoms with Crippen molar-refractivity contribution >= 4 is 17.6 Å². The molecule has 2 aromatic carbocycles. The van der Waals surface area contributed by atoms with Crippen LogP contribution in [0, 0.1) is 0 Å². The van der Waals surface area contributed by atoms with E-state index in [1.54, 1.807) is 36.4 Å². The van der Waals surface area contributed by atoms with Crippen LogP contribution >= 0.6 is 0 Å². The van der Waals surface area contributed by atoms with Crippen LogP contribution in [0.3, 0.4) is 0 Å². The fourth-order valence-corrected chi connectivity index (χ4v) is 2.68. The number of methoxy groups -OCH3 is 3. The first-order chi connectivity index (χ1) is 12.1. The average molecular weight is 343 g/mol. The van der Waals surface area contributed by atoms with E-state index in [0.717, 1.165) is 0 Å². The minimum Gasteiger partial charge on any atom is -0.493 e. The maximum atomic E-state index is 12.2. The Hall–Kier alpha value is -3.22. The molecule has 0 bridgehead atoms. The van der Waals surface area contributed by atoms with Crippen LogP contribution < -0.4 is 14.8 Å². The maximum Gasteiger partial charge on any atom is 0.344 e. The lowest BCUT2D eigenvalue weighted by Crippen LogP contribution is -2.10. The van der Waals surface area contributed by atoms with Crippen molar-refractivity contribution in [3.8, 4) is 11.5 Å². The molecule has 0 radical (unpaired) electrons. The predicted octanol–water partition coefficient (Wildman–Crippen LogP) is 2.77. The van der Waals surface area contributed by atoms with Crippen molar-refractivity contribution in [2.24, 2.45) is 0 Å². The number of ether oxygens (including phenoxy) is 4. The molecule has 0 fully saturated rings. The molecule has 130 valence electrons. The summed E-state index contributed by atoms with van der Waals surface area (Å²) >= 11 is 0. The fourth-order valence-electron chi connectivity index (χ4n) is 2.68. The summed E-state index contributed by atoms with van der Waals surface area (Å²) in [4.78, 5) is 23.7. The van der Waals surface area contributed by atoms with Crippen LogP contribution in [-0.2, 0) is 9.47 Å². The zero-order valence-corrected chi connectivity index (χ0v) is 14.0. The summed E-state index contributed by atoms with van der Waals surface area (Å²) in [6, 6.07) is 10.1. The van der Waals surface area contributed by atoms with Gasteiger partial charge >= 0.3 is 11.9 Å². The van der Waals surface area contributed by atoms with Crippen LogP contribution in [0.15, 0.2) is 36.4 Å². The first-order valence-electron chi connectivity index (χ1n) is 7.49. The summed E-state index contributed by atoms with van der Waals surface area (Å²) in [5.74, 6) is -0.105. The molecule has 0 aliphatic carbocycles. The van der Waals surface area contributed by atoms with Gasteiger partial charge in [0.2, 0.25) is 6.23 Å². The molecule has 1 unspecified atom stereocenters. The number of cyclic esters (lactones) is 1. The van der Waals surface area contributed by atoms with E-state index in [9.17, 15) is 9.59 Å². The van der Waals surface area contributed by atoms with E-state index in [2.05, 4.69) is 10.1 Å². The summed E-state index contributed by atoms with van der Waals surface area (Å²) < 4.78 is 20.6. The number of esters is 2. The zero-order valence-electron chi connectivity index (χ0n) is 14.0. The van der Waals surface area contributed by atoms with Gasteiger partial charge in [0, 0.05) is 11.3 Å². The molecular formula is C18H17NO6. The highest BCUT2D eigenvalue weighted by Crippen LogP contribution is 2.42. The number of carbonyl (C=O) groups excluding carboxylic acids is 2. The molecule has 1 aliphatic rings. The second kappa shape index (κ2) is 6.72. The molecule has 0 amide bonds. The summed E-state index contributed by atoms with van der Waals surface area (Å²) in [5, 5.41) is 3.11. The number of hydrogen-bond donors (Lipinski definition) is 1. The average Bonchev–Trinajstić information content (AvgIpc) is 2.96. The van der Waals surface area contributed by atoms with Crippen molar-refractivity contribution in [1.82, 2.24) is 0 Å². The van der Waals surface area contributed by atoms with E-state index in [0.29, 0.717) is 33.9 Å². The third kappa shape index (κ3) is 2.96. The van der Waals surface area contributed by atoms with Gasteiger partial charge in [-0.2, -0.15) is 0 Å². The number of fused-ring (bicyclic) bond motifs is 1. The van der Waals surface area contributed by atoms with Gasteiger partial charge in [0.15, 0.2) is 11.5 Å². The van der Waals surface area contributed by atoms with E-state index >= 15 is 0 Å². The number of hydrogen-bond acceptors (Lipinski definition) is 7. The lowest BCUT2D eigenvalue weighted by Gasteiger charge is -2.15. The molecule has 7 heteroatoms. The van der Waals surface area contributed by atoms with E-state index in [1.165, 1.54) is 21.3 Å². The van der Waals surface area contributed by atoms with Crippen molar-refractivity contribution in [3.63, 3.8) is 0 Å². The molecule has 0 saturated carbocycles. The predicted molar refractivity (Wildman–Crippen MR) is 89.1 cm³/mol. The molecule has 0 aromatic heterocycles. The van der Waals surface area contributed by atoms with Gasteiger partial charge in [-0.1, -0.05) is 0 Å². The summed E-state index contributed by atoms with van der Waals surface area (Å²) in [6.07, 6.45) is -0.661. The highest BCUT2D eigenvalue weighted by atomic mass is 16.6. The first-order valence-corrected chi connectivity index (χ1v) is 7.49. The molecule has 1 aliphatic heterocycles. The second-order valence-corrected chi connectivity index (χ2v) is 5.26. The smallest absolute Gasteiger partial charge is 0.344 e. The van der Waals surface area contributed by atoms with Crippen LogP contribution in [0.25, 0.3) is 0 Å². The molecule has 1 atom stereocenters. The summed E-state index contributed by atoms with van der Waals surface area (Å²) in [7, 11) is 4.30. The van der Waals surface area contributed by atoms with Crippen LogP contribution in [0.1, 0.15) is 32.5 Å². The van der Waals surface area contributed by atoms with Gasteiger partial charge in [-0.25, -0.2) is 9.59 Å². The summed E-state index contributed by atoms with van der Waals surface area (Å²) in [5.41, 5.74) is 2.11. The van der Waals surface area contributed by atoms with Crippen molar-refractivity contribution < 1.29 is 28.5 Å². The topological polar surface area (TPSA) is 83.1 Å². The third-order valence-corrected chi connectivity index (χ3v) is 3.89. The summed E-state index contributed by atoms with van der Waals surface area (Å²) in [6.45, 7) is 0. The SMILES string of the molecule is COC(=O)c1ccc(NC2OC(=O)c3c2ccc(OC)c3OC)cc1. The Morgan fingerprint density at radius 3 is 2.36 bits per heavy atom. The van der Waals surface area contributed by atoms with Crippen LogP contribution in [0.4, 0.5) is 5.69 Å². The Bertz CT molecular complexity index is 815. The van der Waals surface area contributed by atoms with Gasteiger partial charge in [0.25, 0.3) is 0 Å². The minimum atomic E-state index is -0.661. The van der Waals surface area contributed by atoms with Crippen molar-refractivity contribution in [2.45, 2.75) is 6.23 Å². The van der Waals surface area contributed by atoms with Crippen LogP contribution in [0.5, 0.6) is 11.5 Å². The number of rotatable bonds is 5. The first kappa shape index (κ1) is 16.6. The zero-order chi connectivity index (χ0) is 18.0. The van der Waals surface area contributed by atoms with Crippen LogP contribution in [0.2, 0.25) is 0 Å². The van der Waals surface area contributed by atoms with Crippen LogP contribution in [-0.4, -0.2) is 33.3 Å². The fraction of sp³-hybridized carbons (Fsp3) is 0.222. The largest absolute Gasteiger partial charge is 0.493 e. The highest BCUT2D eigenvalue weighted by Gasteiger charge is 2.35. The quantitative estimate of drug-likeness (QED) is 0.836. The van der Waals surface area contributed by atoms with Gasteiger partial charge in [0.1, 0.15) is 5.56 Å². The maximum absolute atomic E-state index is 12.2. The van der Waals surface area contributed by atoms with E-state index in [-0.39, 0.29) is 0 Å². The van der Waals surface area contributed by atoms with Gasteiger partial charge < -0.3 is 24.3 Å². The molecule has 0 saturated heterocycles. The highest BCUT2D eigenvalue weighted by molar-refractivity contribution is 5.98. The van der Waals surface area contributed by atoms with Crippen molar-refractivity contribution in [2.75, 3.05) is 26.6 Å². The molecule has 0 spiro atoms. The molecule has 1 heterocycles. The molecule has 3 rings (SSSR count). The van der Waals surface area contributed by atoms with Gasteiger partial charge in [-0.3, -0.25) is 0 Å². The van der Waals surface area contributed by atoms with Crippen molar-refractivity contribution in [1.29, 1.82) is 0 Å². The Kier molecular flexibility index (Phi) is 4.47. The Morgan fingerprint density at radius 1 is 1.04 bits per heavy atom. The molecule has 2 aromatic rings. The minimum absolute atomic E-state index is 0.338. The van der Waals surface area contributed by atoms with E-state index in [1.807, 2.05) is 0 Å². The number of benzene rings is 2. The molecule has 1 N–H and O–H groups in total. The number of nitrogens with one attached hydrogen (secondary N) is 1. The van der Waals surface area contributed by atoms with E-state index < -0.39 is 18.2 Å². The number of carbonyl (C=O) groups is 2. The van der Waals surface area contributed by atoms with Gasteiger partial charge in [0.05, 0.1) is 26.9 Å². The molecular weight excluding hydrogens is 326 g/mol. The van der Waals surface area contributed by atoms with Gasteiger partial charge in [-0.15, -0.1) is 0 Å². The molecule has 25 heavy (non-hydrogen) atoms. The number of anilines is 1. The standard InChI is InChI=1S/C18H17NO6/c1-22-13-9-8-12-14(15(13)23-2)18(21)25-16(12)19-11-6-4-10(5-7-11)17(20)24-3/h4-9,16,19H,1-3H3. The van der Waals surface area contributed by atoms with Crippen molar-refractivity contribution in [3.05, 3.63) is 53.1 Å². The lowest BCUT2D eigenvalue weighted by molar-refractivity contribution is 0.0434. The normalized spacial score (nSPS) is 15.2. The second-order valence-electron chi connectivity index (χ2n) is 5.26. The Morgan fingerprint density at radius 2 is 1.76 bits per heavy atom. The molecule has 7 nitrogen and oxygen atoms in total. The Labute approximate surface area is 144 Å². The monoisotopic (exact) mass is 343 g/mol. The van der Waals surface area contributed by atoms with Gasteiger partial charge in [-0.05, 0) is 36.4 Å². The Balaban J connectivity index is 1.87. The third-order valence-electron chi connectivity index (χ3n) is 3.89.